The average Bonchev–Trinajstić information content (AvgIpc) is 2.85. The summed E-state index contributed by atoms with van der Waals surface area (Å²) in [7, 11) is -0.814. The van der Waals surface area contributed by atoms with E-state index in [1.54, 1.807) is 6.07 Å². The van der Waals surface area contributed by atoms with Crippen LogP contribution in [0.1, 0.15) is 12.8 Å². The predicted molar refractivity (Wildman–Crippen MR) is 50.3 cm³/mol. The van der Waals surface area contributed by atoms with Gasteiger partial charge in [-0.15, -0.1) is 0 Å². The van der Waals surface area contributed by atoms with Gasteiger partial charge in [-0.25, -0.2) is 0 Å². The maximum atomic E-state index is 11.6. The van der Waals surface area contributed by atoms with Crippen molar-refractivity contribution in [2.24, 2.45) is 0 Å². The van der Waals surface area contributed by atoms with E-state index in [1.807, 2.05) is 18.2 Å². The molecule has 12 heavy (non-hydrogen) atoms. The van der Waals surface area contributed by atoms with Crippen LogP contribution >= 0.6 is 0 Å². The van der Waals surface area contributed by atoms with E-state index in [0.717, 1.165) is 17.7 Å². The summed E-state index contributed by atoms with van der Waals surface area (Å²) in [5, 5.41) is 0.395. The molecule has 1 aliphatic rings. The van der Waals surface area contributed by atoms with Gasteiger partial charge in [0, 0.05) is 15.8 Å². The number of anilines is 1. The van der Waals surface area contributed by atoms with Crippen LogP contribution in [0.5, 0.6) is 0 Å². The lowest BCUT2D eigenvalue weighted by Crippen LogP contribution is -1.98. The third kappa shape index (κ3) is 1.50. The second-order valence-corrected chi connectivity index (χ2v) is 4.80. The standard InChI is InChI=1S/C9H11NOS/c10-7-2-1-3-9(6-7)12(11)8-4-5-8/h1-3,6,8H,4-5,10H2. The molecule has 0 heterocycles. The Kier molecular flexibility index (Phi) is 1.89. The Balaban J connectivity index is 2.26. The van der Waals surface area contributed by atoms with Crippen LogP contribution in [0.25, 0.3) is 0 Å². The molecule has 1 unspecified atom stereocenters. The van der Waals surface area contributed by atoms with Crippen molar-refractivity contribution in [2.75, 3.05) is 5.73 Å². The smallest absolute Gasteiger partial charge is 0.0561 e. The SMILES string of the molecule is Nc1cccc(S(=O)C2CC2)c1. The molecular formula is C9H11NOS. The summed E-state index contributed by atoms with van der Waals surface area (Å²) in [6.45, 7) is 0. The molecular weight excluding hydrogens is 170 g/mol. The van der Waals surface area contributed by atoms with Gasteiger partial charge in [0.15, 0.2) is 0 Å². The molecule has 1 aromatic rings. The molecule has 1 saturated carbocycles. The average molecular weight is 181 g/mol. The molecule has 2 nitrogen and oxygen atoms in total. The fourth-order valence-electron chi connectivity index (χ4n) is 1.11. The highest BCUT2D eigenvalue weighted by Gasteiger charge is 2.29. The summed E-state index contributed by atoms with van der Waals surface area (Å²) in [6.07, 6.45) is 2.20. The number of hydrogen-bond donors (Lipinski definition) is 1. The highest BCUT2D eigenvalue weighted by atomic mass is 32.2. The topological polar surface area (TPSA) is 43.1 Å². The van der Waals surface area contributed by atoms with E-state index in [9.17, 15) is 4.21 Å². The second kappa shape index (κ2) is 2.90. The van der Waals surface area contributed by atoms with Crippen LogP contribution in [-0.4, -0.2) is 9.46 Å². The van der Waals surface area contributed by atoms with E-state index < -0.39 is 10.8 Å². The van der Waals surface area contributed by atoms with Gasteiger partial charge in [0.25, 0.3) is 0 Å². The lowest BCUT2D eigenvalue weighted by Gasteiger charge is -1.99. The van der Waals surface area contributed by atoms with E-state index in [1.165, 1.54) is 0 Å². The van der Waals surface area contributed by atoms with Crippen molar-refractivity contribution in [1.29, 1.82) is 0 Å². The number of nitrogen functional groups attached to an aromatic ring is 1. The van der Waals surface area contributed by atoms with Crippen molar-refractivity contribution >= 4 is 16.5 Å². The van der Waals surface area contributed by atoms with E-state index in [0.29, 0.717) is 10.9 Å². The third-order valence-electron chi connectivity index (χ3n) is 1.92. The van der Waals surface area contributed by atoms with Gasteiger partial charge in [0.1, 0.15) is 0 Å². The van der Waals surface area contributed by atoms with Gasteiger partial charge < -0.3 is 5.73 Å². The first-order valence-corrected chi connectivity index (χ1v) is 5.25. The number of hydrogen-bond acceptors (Lipinski definition) is 2. The summed E-state index contributed by atoms with van der Waals surface area (Å²) < 4.78 is 11.6. The Hall–Kier alpha value is -0.830. The Morgan fingerprint density at radius 1 is 1.42 bits per heavy atom. The lowest BCUT2D eigenvalue weighted by atomic mass is 10.3. The Morgan fingerprint density at radius 2 is 2.17 bits per heavy atom. The molecule has 2 N–H and O–H groups in total. The molecule has 0 aromatic heterocycles. The summed E-state index contributed by atoms with van der Waals surface area (Å²) in [5.74, 6) is 0. The number of rotatable bonds is 2. The van der Waals surface area contributed by atoms with E-state index >= 15 is 0 Å². The molecule has 0 spiro atoms. The lowest BCUT2D eigenvalue weighted by molar-refractivity contribution is 0.682. The van der Waals surface area contributed by atoms with Crippen LogP contribution in [0.15, 0.2) is 29.2 Å². The van der Waals surface area contributed by atoms with Crippen molar-refractivity contribution in [3.05, 3.63) is 24.3 Å². The van der Waals surface area contributed by atoms with Crippen molar-refractivity contribution in [1.82, 2.24) is 0 Å². The normalized spacial score (nSPS) is 19.0. The molecule has 2 rings (SSSR count). The van der Waals surface area contributed by atoms with Crippen molar-refractivity contribution in [2.45, 2.75) is 23.0 Å². The number of benzene rings is 1. The molecule has 1 atom stereocenters. The quantitative estimate of drug-likeness (QED) is 0.703. The summed E-state index contributed by atoms with van der Waals surface area (Å²) in [4.78, 5) is 0.873. The maximum absolute atomic E-state index is 11.6. The first kappa shape index (κ1) is 7.80. The largest absolute Gasteiger partial charge is 0.399 e. The van der Waals surface area contributed by atoms with Crippen LogP contribution in [-0.2, 0) is 10.8 Å². The molecule has 3 heteroatoms. The highest BCUT2D eigenvalue weighted by Crippen LogP contribution is 2.30. The van der Waals surface area contributed by atoms with Gasteiger partial charge in [-0.2, -0.15) is 0 Å². The molecule has 1 aliphatic carbocycles. The number of nitrogens with two attached hydrogens (primary N) is 1. The Bertz CT molecular complexity index is 320. The minimum absolute atomic E-state index is 0.395. The monoisotopic (exact) mass is 181 g/mol. The predicted octanol–water partition coefficient (Wildman–Crippen LogP) is 1.54. The van der Waals surface area contributed by atoms with Crippen molar-refractivity contribution in [3.63, 3.8) is 0 Å². The molecule has 0 saturated heterocycles. The van der Waals surface area contributed by atoms with Crippen LogP contribution < -0.4 is 5.73 Å². The Morgan fingerprint density at radius 3 is 2.75 bits per heavy atom. The molecule has 0 aliphatic heterocycles. The van der Waals surface area contributed by atoms with Gasteiger partial charge in [0.05, 0.1) is 10.8 Å². The Labute approximate surface area is 74.2 Å². The van der Waals surface area contributed by atoms with E-state index in [-0.39, 0.29) is 0 Å². The van der Waals surface area contributed by atoms with Gasteiger partial charge >= 0.3 is 0 Å². The molecule has 1 aromatic carbocycles. The second-order valence-electron chi connectivity index (χ2n) is 3.07. The first-order chi connectivity index (χ1) is 5.77. The fourth-order valence-corrected chi connectivity index (χ4v) is 2.53. The van der Waals surface area contributed by atoms with Gasteiger partial charge in [-0.1, -0.05) is 6.07 Å². The van der Waals surface area contributed by atoms with Gasteiger partial charge in [-0.3, -0.25) is 4.21 Å². The zero-order chi connectivity index (χ0) is 8.55. The molecule has 64 valence electrons. The zero-order valence-corrected chi connectivity index (χ0v) is 7.51. The summed E-state index contributed by atoms with van der Waals surface area (Å²) >= 11 is 0. The fraction of sp³-hybridized carbons (Fsp3) is 0.333. The molecule has 0 radical (unpaired) electrons. The van der Waals surface area contributed by atoms with Crippen molar-refractivity contribution < 1.29 is 4.21 Å². The van der Waals surface area contributed by atoms with Crippen LogP contribution in [0.4, 0.5) is 5.69 Å². The van der Waals surface area contributed by atoms with Gasteiger partial charge in [-0.05, 0) is 31.0 Å². The molecule has 0 amide bonds. The van der Waals surface area contributed by atoms with E-state index in [2.05, 4.69) is 0 Å². The minimum Gasteiger partial charge on any atom is -0.399 e. The molecule has 0 bridgehead atoms. The highest BCUT2D eigenvalue weighted by molar-refractivity contribution is 7.86. The minimum atomic E-state index is -0.814. The van der Waals surface area contributed by atoms with Crippen molar-refractivity contribution in [3.8, 4) is 0 Å². The maximum Gasteiger partial charge on any atom is 0.0561 e. The zero-order valence-electron chi connectivity index (χ0n) is 6.69. The summed E-state index contributed by atoms with van der Waals surface area (Å²) in [6, 6.07) is 7.35. The third-order valence-corrected chi connectivity index (χ3v) is 3.71. The van der Waals surface area contributed by atoms with Gasteiger partial charge in [0.2, 0.25) is 0 Å². The summed E-state index contributed by atoms with van der Waals surface area (Å²) in [5.41, 5.74) is 6.28. The van der Waals surface area contributed by atoms with Crippen LogP contribution in [0, 0.1) is 0 Å². The van der Waals surface area contributed by atoms with Crippen LogP contribution in [0.3, 0.4) is 0 Å². The van der Waals surface area contributed by atoms with Crippen LogP contribution in [0.2, 0.25) is 0 Å². The van der Waals surface area contributed by atoms with E-state index in [4.69, 9.17) is 5.73 Å². The molecule has 1 fully saturated rings. The first-order valence-electron chi connectivity index (χ1n) is 4.03.